The number of azo groups is 1. The number of hydrogen-bond donors (Lipinski definition) is 0. The fraction of sp³-hybridized carbons (Fsp3) is 0.292. The number of carbonyl (C=O) groups excluding carboxylic acids is 1. The van der Waals surface area contributed by atoms with Gasteiger partial charge in [0.05, 0.1) is 35.2 Å². The molecule has 0 fully saturated rings. The topological polar surface area (TPSA) is 128 Å². The van der Waals surface area contributed by atoms with Crippen molar-refractivity contribution in [3.8, 4) is 0 Å². The molecule has 37 heavy (non-hydrogen) atoms. The zero-order valence-electron chi connectivity index (χ0n) is 20.5. The van der Waals surface area contributed by atoms with E-state index in [1.807, 2.05) is 26.0 Å². The predicted molar refractivity (Wildman–Crippen MR) is 139 cm³/mol. The highest BCUT2D eigenvalue weighted by Crippen LogP contribution is 2.39. The Hall–Kier alpha value is -3.55. The van der Waals surface area contributed by atoms with Crippen molar-refractivity contribution in [2.45, 2.75) is 32.1 Å². The summed E-state index contributed by atoms with van der Waals surface area (Å²) in [6.45, 7) is 7.14. The molecule has 196 valence electrons. The molecule has 2 aromatic carbocycles. The molecule has 3 rings (SSSR count). The van der Waals surface area contributed by atoms with Crippen molar-refractivity contribution < 1.29 is 26.8 Å². The van der Waals surface area contributed by atoms with E-state index < -0.39 is 26.0 Å². The van der Waals surface area contributed by atoms with E-state index in [-0.39, 0.29) is 22.2 Å². The van der Waals surface area contributed by atoms with Crippen molar-refractivity contribution >= 4 is 54.6 Å². The van der Waals surface area contributed by atoms with Crippen LogP contribution in [0.25, 0.3) is 0 Å². The molecule has 0 bridgehead atoms. The third kappa shape index (κ3) is 6.24. The van der Waals surface area contributed by atoms with E-state index in [1.54, 1.807) is 31.2 Å². The number of quaternary nitrogens is 1. The number of nitrogens with zero attached hydrogens (tertiary/aromatic N) is 4. The molecule has 1 unspecified atom stereocenters. The summed E-state index contributed by atoms with van der Waals surface area (Å²) in [7, 11) is -4.79. The van der Waals surface area contributed by atoms with Crippen molar-refractivity contribution in [1.82, 2.24) is 4.48 Å². The Labute approximate surface area is 218 Å². The molecule has 0 saturated carbocycles. The molecular weight excluding hydrogens is 523 g/mol. The standard InChI is InChI=1S/C24H26FN4O6S2/c1-4-15-29(5-2,19-11-13-20(14-12-19)37(25,33)34)18-9-7-17(8-10-18)26-27-23-21(24(30)35-6-3)16-22(36-23)28(31)32/h7-14,16H,4-6,15H2,1-3H3/q+1. The minimum absolute atomic E-state index is 0.0257. The van der Waals surface area contributed by atoms with E-state index in [4.69, 9.17) is 4.74 Å². The van der Waals surface area contributed by atoms with Crippen LogP contribution in [0.5, 0.6) is 0 Å². The van der Waals surface area contributed by atoms with E-state index in [0.717, 1.165) is 35.2 Å². The van der Waals surface area contributed by atoms with Crippen LogP contribution < -0.4 is 4.48 Å². The third-order valence-corrected chi connectivity index (χ3v) is 7.54. The number of nitro groups is 1. The van der Waals surface area contributed by atoms with Crippen molar-refractivity contribution in [3.63, 3.8) is 0 Å². The largest absolute Gasteiger partial charge is 0.462 e. The number of hydrogen-bond acceptors (Lipinski definition) is 9. The number of benzene rings is 2. The van der Waals surface area contributed by atoms with Crippen LogP contribution in [-0.4, -0.2) is 39.0 Å². The van der Waals surface area contributed by atoms with Crippen molar-refractivity contribution in [3.05, 3.63) is 70.3 Å². The molecule has 0 spiro atoms. The van der Waals surface area contributed by atoms with E-state index in [1.165, 1.54) is 12.1 Å². The van der Waals surface area contributed by atoms with Crippen LogP contribution in [0.2, 0.25) is 0 Å². The summed E-state index contributed by atoms with van der Waals surface area (Å²) in [6.07, 6.45) is 0.826. The van der Waals surface area contributed by atoms with Gasteiger partial charge in [0.2, 0.25) is 0 Å². The molecule has 0 amide bonds. The van der Waals surface area contributed by atoms with Gasteiger partial charge >= 0.3 is 21.2 Å². The molecule has 0 radical (unpaired) electrons. The van der Waals surface area contributed by atoms with Crippen LogP contribution in [-0.2, 0) is 15.0 Å². The van der Waals surface area contributed by atoms with E-state index >= 15 is 0 Å². The van der Waals surface area contributed by atoms with Gasteiger partial charge in [-0.05, 0) is 55.9 Å². The Bertz CT molecular complexity index is 1410. The number of halogens is 1. The van der Waals surface area contributed by atoms with Crippen molar-refractivity contribution in [1.29, 1.82) is 0 Å². The van der Waals surface area contributed by atoms with Gasteiger partial charge in [0.25, 0.3) is 0 Å². The van der Waals surface area contributed by atoms with Gasteiger partial charge in [0, 0.05) is 30.3 Å². The van der Waals surface area contributed by atoms with Crippen LogP contribution in [0.4, 0.5) is 31.0 Å². The molecule has 13 heteroatoms. The van der Waals surface area contributed by atoms with Gasteiger partial charge < -0.3 is 4.74 Å². The summed E-state index contributed by atoms with van der Waals surface area (Å²) in [5.41, 5.74) is 2.13. The zero-order chi connectivity index (χ0) is 27.2. The lowest BCUT2D eigenvalue weighted by Crippen LogP contribution is -2.44. The fourth-order valence-electron chi connectivity index (χ4n) is 4.00. The second-order valence-electron chi connectivity index (χ2n) is 7.94. The molecule has 10 nitrogen and oxygen atoms in total. The molecule has 0 aliphatic rings. The lowest BCUT2D eigenvalue weighted by molar-refractivity contribution is -0.380. The van der Waals surface area contributed by atoms with Gasteiger partial charge in [-0.1, -0.05) is 6.92 Å². The Morgan fingerprint density at radius 3 is 2.14 bits per heavy atom. The molecule has 0 aliphatic carbocycles. The van der Waals surface area contributed by atoms with Gasteiger partial charge in [0.1, 0.15) is 16.9 Å². The number of rotatable bonds is 11. The first kappa shape index (κ1) is 28.0. The Kier molecular flexibility index (Phi) is 8.84. The van der Waals surface area contributed by atoms with Crippen LogP contribution in [0.3, 0.4) is 0 Å². The molecule has 1 atom stereocenters. The Balaban J connectivity index is 1.95. The first-order valence-electron chi connectivity index (χ1n) is 11.5. The van der Waals surface area contributed by atoms with Crippen LogP contribution >= 0.6 is 11.3 Å². The number of esters is 1. The summed E-state index contributed by atoms with van der Waals surface area (Å²) < 4.78 is 41.2. The summed E-state index contributed by atoms with van der Waals surface area (Å²) in [4.78, 5) is 22.3. The maximum atomic E-state index is 13.4. The highest BCUT2D eigenvalue weighted by Gasteiger charge is 2.31. The number of ether oxygens (including phenoxy) is 1. The molecular formula is C24H26FN4O6S2+. The zero-order valence-corrected chi connectivity index (χ0v) is 22.1. The fourth-order valence-corrected chi connectivity index (χ4v) is 5.25. The molecule has 0 saturated heterocycles. The molecule has 0 aliphatic heterocycles. The van der Waals surface area contributed by atoms with Gasteiger partial charge in [-0.3, -0.25) is 14.6 Å². The summed E-state index contributed by atoms with van der Waals surface area (Å²) >= 11 is 0.726. The third-order valence-electron chi connectivity index (χ3n) is 5.73. The average molecular weight is 550 g/mol. The summed E-state index contributed by atoms with van der Waals surface area (Å²) in [6, 6.07) is 14.0. The Morgan fingerprint density at radius 2 is 1.65 bits per heavy atom. The van der Waals surface area contributed by atoms with Gasteiger partial charge in [-0.25, -0.2) is 4.79 Å². The normalized spacial score (nSPS) is 13.4. The quantitative estimate of drug-likeness (QED) is 0.0634. The number of thiophene rings is 1. The second-order valence-corrected chi connectivity index (χ2v) is 10.3. The summed E-state index contributed by atoms with van der Waals surface area (Å²) in [5, 5.41) is 19.2. The number of carbonyl (C=O) groups is 1. The first-order chi connectivity index (χ1) is 17.6. The molecule has 1 aromatic heterocycles. The first-order valence-corrected chi connectivity index (χ1v) is 13.7. The van der Waals surface area contributed by atoms with Crippen molar-refractivity contribution in [2.24, 2.45) is 10.2 Å². The molecule has 0 N–H and O–H groups in total. The second kappa shape index (κ2) is 11.7. The Morgan fingerprint density at radius 1 is 1.05 bits per heavy atom. The monoisotopic (exact) mass is 549 g/mol. The van der Waals surface area contributed by atoms with E-state index in [0.29, 0.717) is 23.3 Å². The lowest BCUT2D eigenvalue weighted by atomic mass is 10.1. The van der Waals surface area contributed by atoms with Gasteiger partial charge in [-0.15, -0.1) is 14.1 Å². The maximum Gasteiger partial charge on any atom is 0.341 e. The highest BCUT2D eigenvalue weighted by atomic mass is 32.3. The minimum atomic E-state index is -4.79. The lowest BCUT2D eigenvalue weighted by Gasteiger charge is -2.36. The SMILES string of the molecule is CCC[N+](CC)(c1ccc(N=Nc2sc([N+](=O)[O-])cc2C(=O)OCC)cc1)c1ccc(S(=O)(=O)F)cc1. The van der Waals surface area contributed by atoms with Crippen LogP contribution in [0, 0.1) is 10.1 Å². The summed E-state index contributed by atoms with van der Waals surface area (Å²) in [5.74, 6) is -0.715. The van der Waals surface area contributed by atoms with Gasteiger partial charge in [0.15, 0.2) is 5.00 Å². The smallest absolute Gasteiger partial charge is 0.341 e. The molecule has 1 heterocycles. The van der Waals surface area contributed by atoms with E-state index in [2.05, 4.69) is 10.2 Å². The predicted octanol–water partition coefficient (Wildman–Crippen LogP) is 6.98. The highest BCUT2D eigenvalue weighted by molar-refractivity contribution is 7.86. The maximum absolute atomic E-state index is 13.4. The van der Waals surface area contributed by atoms with Gasteiger partial charge in [-0.2, -0.15) is 8.42 Å². The van der Waals surface area contributed by atoms with Crippen LogP contribution in [0.1, 0.15) is 37.6 Å². The van der Waals surface area contributed by atoms with Crippen LogP contribution in [0.15, 0.2) is 69.7 Å². The molecule has 3 aromatic rings. The minimum Gasteiger partial charge on any atom is -0.462 e. The average Bonchev–Trinajstić information content (AvgIpc) is 3.31. The van der Waals surface area contributed by atoms with E-state index in [9.17, 15) is 27.2 Å². The van der Waals surface area contributed by atoms with Crippen molar-refractivity contribution in [2.75, 3.05) is 19.7 Å².